The molecule has 0 unspecified atom stereocenters. The lowest BCUT2D eigenvalue weighted by Gasteiger charge is -2.35. The summed E-state index contributed by atoms with van der Waals surface area (Å²) in [6.07, 6.45) is 5.76. The molecule has 1 saturated heterocycles. The monoisotopic (exact) mass is 483 g/mol. The molecule has 4 aromatic rings. The van der Waals surface area contributed by atoms with E-state index < -0.39 is 5.82 Å². The van der Waals surface area contributed by atoms with Crippen LogP contribution in [0.15, 0.2) is 73.7 Å². The number of halogens is 1. The number of aromatic nitrogens is 3. The van der Waals surface area contributed by atoms with Crippen LogP contribution in [0.3, 0.4) is 0 Å². The van der Waals surface area contributed by atoms with E-state index in [9.17, 15) is 9.18 Å². The molecule has 0 spiro atoms. The maximum Gasteiger partial charge on any atom is 0.247 e. The molecule has 8 nitrogen and oxygen atoms in total. The Kier molecular flexibility index (Phi) is 6.55. The van der Waals surface area contributed by atoms with E-state index in [2.05, 4.69) is 44.0 Å². The number of fused-ring (bicyclic) bond motifs is 1. The van der Waals surface area contributed by atoms with Crippen LogP contribution in [-0.2, 0) is 4.79 Å². The molecule has 0 aliphatic carbocycles. The Morgan fingerprint density at radius 1 is 1.08 bits per heavy atom. The minimum absolute atomic E-state index is 0.280. The quantitative estimate of drug-likeness (QED) is 0.392. The van der Waals surface area contributed by atoms with Crippen molar-refractivity contribution in [2.75, 3.05) is 48.8 Å². The fourth-order valence-electron chi connectivity index (χ4n) is 4.26. The van der Waals surface area contributed by atoms with Crippen molar-refractivity contribution >= 4 is 39.8 Å². The number of nitrogens with zero attached hydrogens (tertiary/aromatic N) is 5. The molecule has 0 atom stereocenters. The number of anilines is 4. The number of benzene rings is 2. The van der Waals surface area contributed by atoms with Crippen LogP contribution in [0.5, 0.6) is 0 Å². The minimum Gasteiger partial charge on any atom is -0.367 e. The number of nitrogens with one attached hydrogen (secondary N) is 2. The van der Waals surface area contributed by atoms with Crippen molar-refractivity contribution < 1.29 is 9.18 Å². The van der Waals surface area contributed by atoms with Gasteiger partial charge in [-0.15, -0.1) is 0 Å². The van der Waals surface area contributed by atoms with Gasteiger partial charge >= 0.3 is 0 Å². The first-order valence-electron chi connectivity index (χ1n) is 11.6. The number of hydrogen-bond donors (Lipinski definition) is 2. The van der Waals surface area contributed by atoms with Gasteiger partial charge in [0.15, 0.2) is 0 Å². The van der Waals surface area contributed by atoms with Crippen molar-refractivity contribution in [2.45, 2.75) is 0 Å². The molecule has 1 fully saturated rings. The highest BCUT2D eigenvalue weighted by atomic mass is 19.1. The van der Waals surface area contributed by atoms with Crippen molar-refractivity contribution in [2.24, 2.45) is 0 Å². The SMILES string of the molecule is C=CC(=O)Nc1cc(Nc2ncc3cccc(-c4cncc(F)c4)c3n2)ccc1N1CCN(C)CC1. The Morgan fingerprint density at radius 3 is 2.69 bits per heavy atom. The second-order valence-electron chi connectivity index (χ2n) is 8.67. The molecule has 1 aliphatic rings. The van der Waals surface area contributed by atoms with E-state index >= 15 is 0 Å². The summed E-state index contributed by atoms with van der Waals surface area (Å²) in [6, 6.07) is 12.9. The molecule has 2 aromatic carbocycles. The van der Waals surface area contributed by atoms with Crippen molar-refractivity contribution in [3.05, 3.63) is 79.5 Å². The fraction of sp³-hybridized carbons (Fsp3) is 0.185. The number of likely N-dealkylation sites (N-methyl/N-ethyl adjacent to an activating group) is 1. The summed E-state index contributed by atoms with van der Waals surface area (Å²) in [6.45, 7) is 7.20. The van der Waals surface area contributed by atoms with Gasteiger partial charge in [-0.25, -0.2) is 14.4 Å². The second-order valence-corrected chi connectivity index (χ2v) is 8.67. The number of piperazine rings is 1. The Morgan fingerprint density at radius 2 is 1.92 bits per heavy atom. The van der Waals surface area contributed by atoms with Crippen LogP contribution in [-0.4, -0.2) is 59.0 Å². The molecule has 3 heterocycles. The largest absolute Gasteiger partial charge is 0.367 e. The van der Waals surface area contributed by atoms with E-state index in [1.54, 1.807) is 12.4 Å². The zero-order valence-electron chi connectivity index (χ0n) is 19.9. The molecule has 1 amide bonds. The lowest BCUT2D eigenvalue weighted by molar-refractivity contribution is -0.111. The van der Waals surface area contributed by atoms with E-state index in [0.717, 1.165) is 48.5 Å². The molecule has 9 heteroatoms. The third-order valence-electron chi connectivity index (χ3n) is 6.17. The van der Waals surface area contributed by atoms with Gasteiger partial charge in [0.2, 0.25) is 11.9 Å². The highest BCUT2D eigenvalue weighted by Gasteiger charge is 2.18. The predicted molar refractivity (Wildman–Crippen MR) is 141 cm³/mol. The summed E-state index contributed by atoms with van der Waals surface area (Å²) in [5, 5.41) is 6.99. The summed E-state index contributed by atoms with van der Waals surface area (Å²) < 4.78 is 13.8. The van der Waals surface area contributed by atoms with Gasteiger partial charge < -0.3 is 20.4 Å². The molecule has 2 N–H and O–H groups in total. The van der Waals surface area contributed by atoms with E-state index in [-0.39, 0.29) is 5.91 Å². The van der Waals surface area contributed by atoms with Gasteiger partial charge in [-0.2, -0.15) is 0 Å². The van der Waals surface area contributed by atoms with E-state index in [0.29, 0.717) is 22.7 Å². The average Bonchev–Trinajstić information content (AvgIpc) is 2.89. The Hall–Kier alpha value is -4.37. The van der Waals surface area contributed by atoms with Gasteiger partial charge in [-0.05, 0) is 37.4 Å². The summed E-state index contributed by atoms with van der Waals surface area (Å²) in [7, 11) is 2.10. The van der Waals surface area contributed by atoms with Crippen LogP contribution in [0.4, 0.5) is 27.4 Å². The van der Waals surface area contributed by atoms with Crippen LogP contribution in [0.25, 0.3) is 22.0 Å². The number of hydrogen-bond acceptors (Lipinski definition) is 7. The third kappa shape index (κ3) is 5.01. The molecule has 5 rings (SSSR count). The number of carbonyl (C=O) groups is 1. The van der Waals surface area contributed by atoms with Crippen molar-refractivity contribution in [1.82, 2.24) is 19.9 Å². The summed E-state index contributed by atoms with van der Waals surface area (Å²) in [5.74, 6) is -0.308. The molecule has 182 valence electrons. The minimum atomic E-state index is -0.411. The number of para-hydroxylation sites is 1. The standard InChI is InChI=1S/C27H26FN7O/c1-3-25(36)32-23-14-21(7-8-24(23)35-11-9-34(2)10-12-35)31-27-30-16-18-5-4-6-22(26(18)33-27)19-13-20(28)17-29-15-19/h3-8,13-17H,1,9-12H2,2H3,(H,32,36)(H,30,31,33). The number of carbonyl (C=O) groups excluding carboxylic acids is 1. The highest BCUT2D eigenvalue weighted by Crippen LogP contribution is 2.32. The zero-order valence-corrected chi connectivity index (χ0v) is 19.9. The van der Waals surface area contributed by atoms with Crippen LogP contribution in [0.2, 0.25) is 0 Å². The van der Waals surface area contributed by atoms with E-state index in [1.165, 1.54) is 18.3 Å². The van der Waals surface area contributed by atoms with Gasteiger partial charge in [-0.1, -0.05) is 24.8 Å². The van der Waals surface area contributed by atoms with Crippen LogP contribution >= 0.6 is 0 Å². The molecule has 0 radical (unpaired) electrons. The lowest BCUT2D eigenvalue weighted by Crippen LogP contribution is -2.44. The Balaban J connectivity index is 1.48. The van der Waals surface area contributed by atoms with Crippen LogP contribution < -0.4 is 15.5 Å². The second kappa shape index (κ2) is 10.1. The highest BCUT2D eigenvalue weighted by molar-refractivity contribution is 6.02. The first kappa shape index (κ1) is 23.4. The molecular weight excluding hydrogens is 457 g/mol. The summed E-state index contributed by atoms with van der Waals surface area (Å²) in [4.78, 5) is 29.8. The zero-order chi connectivity index (χ0) is 25.1. The van der Waals surface area contributed by atoms with Crippen LogP contribution in [0, 0.1) is 5.82 Å². The first-order chi connectivity index (χ1) is 17.5. The van der Waals surface area contributed by atoms with Crippen molar-refractivity contribution in [1.29, 1.82) is 0 Å². The average molecular weight is 484 g/mol. The van der Waals surface area contributed by atoms with Gasteiger partial charge in [-0.3, -0.25) is 9.78 Å². The summed E-state index contributed by atoms with van der Waals surface area (Å²) >= 11 is 0. The lowest BCUT2D eigenvalue weighted by atomic mass is 10.0. The summed E-state index contributed by atoms with van der Waals surface area (Å²) in [5.41, 5.74) is 4.42. The molecule has 1 aliphatic heterocycles. The normalized spacial score (nSPS) is 14.0. The molecule has 0 saturated carbocycles. The maximum atomic E-state index is 13.8. The van der Waals surface area contributed by atoms with E-state index in [4.69, 9.17) is 4.98 Å². The number of amides is 1. The predicted octanol–water partition coefficient (Wildman–Crippen LogP) is 4.45. The van der Waals surface area contributed by atoms with Gasteiger partial charge in [0.25, 0.3) is 0 Å². The smallest absolute Gasteiger partial charge is 0.247 e. The fourth-order valence-corrected chi connectivity index (χ4v) is 4.26. The van der Waals surface area contributed by atoms with Gasteiger partial charge in [0, 0.05) is 60.8 Å². The van der Waals surface area contributed by atoms with Crippen molar-refractivity contribution in [3.63, 3.8) is 0 Å². The van der Waals surface area contributed by atoms with Crippen LogP contribution in [0.1, 0.15) is 0 Å². The first-order valence-corrected chi connectivity index (χ1v) is 11.6. The maximum absolute atomic E-state index is 13.8. The molecular formula is C27H26FN7O. The number of pyridine rings is 1. The third-order valence-corrected chi connectivity index (χ3v) is 6.17. The van der Waals surface area contributed by atoms with Crippen molar-refractivity contribution in [3.8, 4) is 11.1 Å². The molecule has 0 bridgehead atoms. The van der Waals surface area contributed by atoms with Gasteiger partial charge in [0.1, 0.15) is 5.82 Å². The van der Waals surface area contributed by atoms with E-state index in [1.807, 2.05) is 36.4 Å². The number of rotatable bonds is 6. The Bertz CT molecular complexity index is 1430. The topological polar surface area (TPSA) is 86.3 Å². The Labute approximate surface area is 208 Å². The molecule has 36 heavy (non-hydrogen) atoms. The van der Waals surface area contributed by atoms with Gasteiger partial charge in [0.05, 0.1) is 23.1 Å². The molecule has 2 aromatic heterocycles.